The molecular formula is C20H30Cl2N2O4. The van der Waals surface area contributed by atoms with Crippen molar-refractivity contribution in [3.05, 3.63) is 23.3 Å². The molecule has 0 aliphatic carbocycles. The van der Waals surface area contributed by atoms with E-state index in [0.29, 0.717) is 35.7 Å². The van der Waals surface area contributed by atoms with Crippen LogP contribution in [0.2, 0.25) is 0 Å². The lowest BCUT2D eigenvalue weighted by Gasteiger charge is -2.18. The molecule has 1 rings (SSSR count). The Morgan fingerprint density at radius 2 is 1.21 bits per heavy atom. The van der Waals surface area contributed by atoms with Crippen molar-refractivity contribution in [3.8, 4) is 11.5 Å². The smallest absolute Gasteiger partial charge is 0.257 e. The van der Waals surface area contributed by atoms with Gasteiger partial charge in [-0.1, -0.05) is 38.8 Å². The predicted octanol–water partition coefficient (Wildman–Crippen LogP) is 3.75. The summed E-state index contributed by atoms with van der Waals surface area (Å²) in [6, 6.07) is 3.56. The summed E-state index contributed by atoms with van der Waals surface area (Å²) in [6.45, 7) is 4.97. The summed E-state index contributed by atoms with van der Waals surface area (Å²) in [5, 5.41) is 5.58. The minimum atomic E-state index is -0.228. The first-order valence-electron chi connectivity index (χ1n) is 9.62. The Morgan fingerprint density at radius 3 is 1.54 bits per heavy atom. The lowest BCUT2D eigenvalue weighted by Crippen LogP contribution is -2.31. The van der Waals surface area contributed by atoms with E-state index in [-0.39, 0.29) is 36.8 Å². The van der Waals surface area contributed by atoms with Gasteiger partial charge in [0.05, 0.1) is 11.8 Å². The van der Waals surface area contributed by atoms with Crippen molar-refractivity contribution >= 4 is 35.0 Å². The van der Waals surface area contributed by atoms with Gasteiger partial charge < -0.3 is 20.1 Å². The van der Waals surface area contributed by atoms with Crippen LogP contribution in [0.4, 0.5) is 0 Å². The van der Waals surface area contributed by atoms with Gasteiger partial charge >= 0.3 is 0 Å². The third-order valence-corrected chi connectivity index (χ3v) is 4.54. The highest BCUT2D eigenvalue weighted by Gasteiger charge is 2.18. The van der Waals surface area contributed by atoms with E-state index in [1.54, 1.807) is 12.1 Å². The van der Waals surface area contributed by atoms with Crippen LogP contribution in [0.1, 0.15) is 50.7 Å². The van der Waals surface area contributed by atoms with Crippen LogP contribution < -0.4 is 20.1 Å². The molecule has 1 aromatic rings. The molecule has 0 saturated heterocycles. The Hall–Kier alpha value is -1.66. The fourth-order valence-corrected chi connectivity index (χ4v) is 2.78. The van der Waals surface area contributed by atoms with Gasteiger partial charge in [0, 0.05) is 24.2 Å². The number of hydrogen-bond acceptors (Lipinski definition) is 4. The number of carbonyl (C=O) groups is 2. The van der Waals surface area contributed by atoms with Gasteiger partial charge in [-0.05, 0) is 12.8 Å². The Balaban J connectivity index is 2.84. The third-order valence-electron chi connectivity index (χ3n) is 3.96. The van der Waals surface area contributed by atoms with Crippen LogP contribution in [-0.4, -0.2) is 38.1 Å². The quantitative estimate of drug-likeness (QED) is 0.346. The second kappa shape index (κ2) is 14.4. The van der Waals surface area contributed by atoms with Crippen LogP contribution in [0, 0.1) is 0 Å². The molecule has 0 spiro atoms. The highest BCUT2D eigenvalue weighted by Crippen LogP contribution is 2.37. The maximum atomic E-state index is 12.0. The van der Waals surface area contributed by atoms with E-state index in [0.717, 1.165) is 25.7 Å². The van der Waals surface area contributed by atoms with Gasteiger partial charge in [0.1, 0.15) is 0 Å². The largest absolute Gasteiger partial charge is 0.480 e. The number of amides is 2. The molecule has 0 aliphatic rings. The molecule has 0 heterocycles. The molecule has 6 nitrogen and oxygen atoms in total. The molecule has 2 amide bonds. The molecule has 2 N–H and O–H groups in total. The first kappa shape index (κ1) is 24.4. The van der Waals surface area contributed by atoms with Crippen molar-refractivity contribution in [3.63, 3.8) is 0 Å². The number of hydrogen-bond donors (Lipinski definition) is 2. The number of unbranched alkanes of at least 4 members (excludes halogenated alkanes) is 2. The summed E-state index contributed by atoms with van der Waals surface area (Å²) in [7, 11) is 0. The fraction of sp³-hybridized carbons (Fsp3) is 0.600. The van der Waals surface area contributed by atoms with Crippen molar-refractivity contribution < 1.29 is 19.1 Å². The third kappa shape index (κ3) is 8.57. The van der Waals surface area contributed by atoms with Gasteiger partial charge in [-0.2, -0.15) is 0 Å². The molecule has 0 unspecified atom stereocenters. The Morgan fingerprint density at radius 1 is 0.821 bits per heavy atom. The van der Waals surface area contributed by atoms with E-state index in [9.17, 15) is 9.59 Å². The van der Waals surface area contributed by atoms with Crippen molar-refractivity contribution in [1.29, 1.82) is 0 Å². The van der Waals surface area contributed by atoms with E-state index in [4.69, 9.17) is 32.7 Å². The van der Waals surface area contributed by atoms with Crippen molar-refractivity contribution in [2.24, 2.45) is 0 Å². The van der Waals surface area contributed by atoms with Crippen LogP contribution >= 0.6 is 23.2 Å². The van der Waals surface area contributed by atoms with Crippen LogP contribution in [0.15, 0.2) is 12.1 Å². The molecule has 0 aromatic heterocycles. The lowest BCUT2D eigenvalue weighted by atomic mass is 10.1. The first-order chi connectivity index (χ1) is 13.6. The van der Waals surface area contributed by atoms with E-state index in [2.05, 4.69) is 24.5 Å². The van der Waals surface area contributed by atoms with E-state index in [1.165, 1.54) is 0 Å². The zero-order valence-corrected chi connectivity index (χ0v) is 18.1. The van der Waals surface area contributed by atoms with E-state index in [1.807, 2.05) is 0 Å². The van der Waals surface area contributed by atoms with Crippen LogP contribution in [-0.2, 0) is 21.3 Å². The number of alkyl halides is 2. The average Bonchev–Trinajstić information content (AvgIpc) is 2.70. The molecule has 158 valence electrons. The van der Waals surface area contributed by atoms with Gasteiger partial charge in [0.15, 0.2) is 24.7 Å². The number of nitrogens with one attached hydrogen (secondary N) is 2. The van der Waals surface area contributed by atoms with Gasteiger partial charge in [0.2, 0.25) is 0 Å². The average molecular weight is 433 g/mol. The molecule has 0 aliphatic heterocycles. The van der Waals surface area contributed by atoms with Gasteiger partial charge in [0.25, 0.3) is 11.8 Å². The maximum Gasteiger partial charge on any atom is 0.257 e. The second-order valence-corrected chi connectivity index (χ2v) is 6.83. The SMILES string of the molecule is CCCCNC(=O)COc1c(CCl)ccc(CCl)c1OCC(=O)NCCCC. The summed E-state index contributed by atoms with van der Waals surface area (Å²) in [6.07, 6.45) is 3.80. The van der Waals surface area contributed by atoms with Gasteiger partial charge in [-0.3, -0.25) is 9.59 Å². The lowest BCUT2D eigenvalue weighted by molar-refractivity contribution is -0.124. The molecule has 0 radical (unpaired) electrons. The zero-order chi connectivity index (χ0) is 20.8. The summed E-state index contributed by atoms with van der Waals surface area (Å²) in [5.74, 6) is 0.588. The van der Waals surface area contributed by atoms with Crippen LogP contribution in [0.5, 0.6) is 11.5 Å². The van der Waals surface area contributed by atoms with E-state index >= 15 is 0 Å². The zero-order valence-electron chi connectivity index (χ0n) is 16.6. The number of halogens is 2. The Labute approximate surface area is 177 Å². The number of carbonyl (C=O) groups excluding carboxylic acids is 2. The number of benzene rings is 1. The molecule has 0 saturated carbocycles. The molecule has 1 aromatic carbocycles. The molecular weight excluding hydrogens is 403 g/mol. The number of rotatable bonds is 14. The Bertz CT molecular complexity index is 573. The normalized spacial score (nSPS) is 10.4. The standard InChI is InChI=1S/C20H30Cl2N2O4/c1-3-5-9-23-17(25)13-27-19-15(11-21)7-8-16(12-22)20(19)28-14-18(26)24-10-6-4-2/h7-8H,3-6,9-14H2,1-2H3,(H,23,25)(H,24,26). The highest BCUT2D eigenvalue weighted by atomic mass is 35.5. The van der Waals surface area contributed by atoms with Crippen molar-refractivity contribution in [1.82, 2.24) is 10.6 Å². The fourth-order valence-electron chi connectivity index (χ4n) is 2.36. The Kier molecular flexibility index (Phi) is 12.5. The van der Waals surface area contributed by atoms with Crippen LogP contribution in [0.3, 0.4) is 0 Å². The van der Waals surface area contributed by atoms with E-state index < -0.39 is 0 Å². The minimum Gasteiger partial charge on any atom is -0.480 e. The van der Waals surface area contributed by atoms with Crippen molar-refractivity contribution in [2.45, 2.75) is 51.3 Å². The second-order valence-electron chi connectivity index (χ2n) is 6.29. The number of ether oxygens (including phenoxy) is 2. The molecule has 8 heteroatoms. The minimum absolute atomic E-state index is 0.168. The topological polar surface area (TPSA) is 76.7 Å². The molecule has 28 heavy (non-hydrogen) atoms. The monoisotopic (exact) mass is 432 g/mol. The molecule has 0 atom stereocenters. The summed E-state index contributed by atoms with van der Waals surface area (Å²) >= 11 is 12.0. The first-order valence-corrected chi connectivity index (χ1v) is 10.7. The summed E-state index contributed by atoms with van der Waals surface area (Å²) in [4.78, 5) is 23.9. The van der Waals surface area contributed by atoms with Crippen molar-refractivity contribution in [2.75, 3.05) is 26.3 Å². The molecule has 0 fully saturated rings. The molecule has 0 bridgehead atoms. The van der Waals surface area contributed by atoms with Crippen LogP contribution in [0.25, 0.3) is 0 Å². The van der Waals surface area contributed by atoms with Gasteiger partial charge in [-0.15, -0.1) is 23.2 Å². The highest BCUT2D eigenvalue weighted by molar-refractivity contribution is 6.18. The van der Waals surface area contributed by atoms with Gasteiger partial charge in [-0.25, -0.2) is 0 Å². The predicted molar refractivity (Wildman–Crippen MR) is 112 cm³/mol. The summed E-state index contributed by atoms with van der Waals surface area (Å²) in [5.41, 5.74) is 1.33. The maximum absolute atomic E-state index is 12.0. The summed E-state index contributed by atoms with van der Waals surface area (Å²) < 4.78 is 11.4.